The number of fused-ring (bicyclic) bond motifs is 1. The van der Waals surface area contributed by atoms with Crippen LogP contribution in [0.5, 0.6) is 5.75 Å². The van der Waals surface area contributed by atoms with Crippen LogP contribution in [0.4, 0.5) is 11.6 Å². The molecule has 1 aromatic carbocycles. The van der Waals surface area contributed by atoms with Crippen LogP contribution in [0.1, 0.15) is 11.1 Å². The summed E-state index contributed by atoms with van der Waals surface area (Å²) in [6, 6.07) is 4.15. The third kappa shape index (κ3) is 2.49. The summed E-state index contributed by atoms with van der Waals surface area (Å²) in [5.41, 5.74) is 8.08. The second-order valence-corrected chi connectivity index (χ2v) is 5.21. The van der Waals surface area contributed by atoms with Gasteiger partial charge in [-0.25, -0.2) is 9.97 Å². The molecule has 1 aliphatic heterocycles. The molecular weight excluding hydrogens is 308 g/mol. The number of rotatable bonds is 3. The first-order valence-electron chi connectivity index (χ1n) is 5.98. The predicted octanol–water partition coefficient (Wildman–Crippen LogP) is 2.37. The second-order valence-electron chi connectivity index (χ2n) is 4.30. The number of hydrogen-bond acceptors (Lipinski definition) is 5. The molecule has 2 aromatic rings. The van der Waals surface area contributed by atoms with Gasteiger partial charge in [0.05, 0.1) is 6.61 Å². The lowest BCUT2D eigenvalue weighted by molar-refractivity contribution is 0.354. The van der Waals surface area contributed by atoms with Gasteiger partial charge in [0.2, 0.25) is 0 Å². The molecule has 2 heterocycles. The number of nitrogens with one attached hydrogen (secondary N) is 1. The van der Waals surface area contributed by atoms with Gasteiger partial charge >= 0.3 is 0 Å². The molecule has 0 aliphatic carbocycles. The zero-order chi connectivity index (χ0) is 13.2. The van der Waals surface area contributed by atoms with Crippen LogP contribution >= 0.6 is 15.9 Å². The highest BCUT2D eigenvalue weighted by Crippen LogP contribution is 2.33. The largest absolute Gasteiger partial charge is 0.493 e. The molecule has 0 atom stereocenters. The molecule has 3 N–H and O–H groups in total. The Balaban J connectivity index is 1.83. The molecule has 1 aromatic heterocycles. The summed E-state index contributed by atoms with van der Waals surface area (Å²) in [6.07, 6.45) is 4.13. The van der Waals surface area contributed by atoms with E-state index >= 15 is 0 Å². The number of nitrogens with two attached hydrogens (primary N) is 1. The summed E-state index contributed by atoms with van der Waals surface area (Å²) in [7, 11) is 0. The quantitative estimate of drug-likeness (QED) is 0.908. The monoisotopic (exact) mass is 320 g/mol. The number of benzene rings is 1. The molecule has 0 bridgehead atoms. The first-order chi connectivity index (χ1) is 9.24. The molecule has 98 valence electrons. The summed E-state index contributed by atoms with van der Waals surface area (Å²) in [5, 5.41) is 3.19. The van der Waals surface area contributed by atoms with E-state index in [0.29, 0.717) is 18.2 Å². The topological polar surface area (TPSA) is 73.1 Å². The Bertz CT molecular complexity index is 618. The van der Waals surface area contributed by atoms with Crippen LogP contribution in [0.2, 0.25) is 0 Å². The number of aromatic nitrogens is 2. The van der Waals surface area contributed by atoms with Crippen LogP contribution in [0.15, 0.2) is 29.0 Å². The van der Waals surface area contributed by atoms with E-state index in [1.807, 2.05) is 6.07 Å². The van der Waals surface area contributed by atoms with E-state index in [1.165, 1.54) is 5.56 Å². The van der Waals surface area contributed by atoms with Gasteiger partial charge in [0.1, 0.15) is 5.75 Å². The number of nitrogens with zero attached hydrogens (tertiary/aromatic N) is 2. The number of nitrogen functional groups attached to an aromatic ring is 1. The van der Waals surface area contributed by atoms with Crippen molar-refractivity contribution in [3.05, 3.63) is 40.1 Å². The molecule has 0 spiro atoms. The molecule has 0 radical (unpaired) electrons. The lowest BCUT2D eigenvalue weighted by Crippen LogP contribution is -2.06. The van der Waals surface area contributed by atoms with E-state index in [0.717, 1.165) is 28.8 Å². The van der Waals surface area contributed by atoms with Gasteiger partial charge < -0.3 is 15.8 Å². The maximum absolute atomic E-state index is 5.75. The molecule has 3 rings (SSSR count). The van der Waals surface area contributed by atoms with Crippen molar-refractivity contribution in [2.45, 2.75) is 13.0 Å². The van der Waals surface area contributed by atoms with Gasteiger partial charge in [-0.2, -0.15) is 0 Å². The summed E-state index contributed by atoms with van der Waals surface area (Å²) in [5.74, 6) is 1.96. The van der Waals surface area contributed by atoms with Crippen LogP contribution in [-0.2, 0) is 13.0 Å². The molecular formula is C13H13BrN4O. The van der Waals surface area contributed by atoms with Gasteiger partial charge in [-0.05, 0) is 17.7 Å². The molecule has 6 heteroatoms. The summed E-state index contributed by atoms with van der Waals surface area (Å²) in [6.45, 7) is 1.34. The standard InChI is InChI=1S/C13H13BrN4O/c14-10-5-8-1-4-19-11(8)9(6-10)7-18-13-12(15)16-2-3-17-13/h2-3,5-6H,1,4,7H2,(H2,15,16)(H,17,18). The van der Waals surface area contributed by atoms with Gasteiger partial charge in [-0.1, -0.05) is 15.9 Å². The minimum absolute atomic E-state index is 0.398. The van der Waals surface area contributed by atoms with E-state index < -0.39 is 0 Å². The Morgan fingerprint density at radius 2 is 2.16 bits per heavy atom. The van der Waals surface area contributed by atoms with E-state index in [2.05, 4.69) is 37.3 Å². The SMILES string of the molecule is Nc1nccnc1NCc1cc(Br)cc2c1OCC2. The summed E-state index contributed by atoms with van der Waals surface area (Å²) >= 11 is 3.52. The lowest BCUT2D eigenvalue weighted by Gasteiger charge is -2.11. The fraction of sp³-hybridized carbons (Fsp3) is 0.231. The van der Waals surface area contributed by atoms with E-state index in [9.17, 15) is 0 Å². The Labute approximate surface area is 119 Å². The highest BCUT2D eigenvalue weighted by molar-refractivity contribution is 9.10. The Morgan fingerprint density at radius 1 is 1.32 bits per heavy atom. The molecule has 1 aliphatic rings. The van der Waals surface area contributed by atoms with Gasteiger partial charge in [0, 0.05) is 35.4 Å². The highest BCUT2D eigenvalue weighted by Gasteiger charge is 2.17. The summed E-state index contributed by atoms with van der Waals surface area (Å²) < 4.78 is 6.73. The molecule has 0 unspecified atom stereocenters. The van der Waals surface area contributed by atoms with Crippen molar-refractivity contribution in [2.75, 3.05) is 17.7 Å². The zero-order valence-electron chi connectivity index (χ0n) is 10.2. The van der Waals surface area contributed by atoms with Crippen LogP contribution < -0.4 is 15.8 Å². The van der Waals surface area contributed by atoms with Crippen LogP contribution in [0.25, 0.3) is 0 Å². The van der Waals surface area contributed by atoms with Gasteiger partial charge in [-0.15, -0.1) is 0 Å². The normalized spacial score (nSPS) is 12.9. The predicted molar refractivity (Wildman–Crippen MR) is 77.1 cm³/mol. The maximum atomic E-state index is 5.75. The molecule has 0 fully saturated rings. The van der Waals surface area contributed by atoms with Crippen molar-refractivity contribution in [1.82, 2.24) is 9.97 Å². The molecule has 5 nitrogen and oxygen atoms in total. The number of anilines is 2. The third-order valence-electron chi connectivity index (χ3n) is 3.00. The van der Waals surface area contributed by atoms with Crippen molar-refractivity contribution < 1.29 is 4.74 Å². The Hall–Kier alpha value is -1.82. The Morgan fingerprint density at radius 3 is 3.00 bits per heavy atom. The second kappa shape index (κ2) is 5.05. The van der Waals surface area contributed by atoms with Crippen LogP contribution in [0.3, 0.4) is 0 Å². The van der Waals surface area contributed by atoms with Crippen LogP contribution in [0, 0.1) is 0 Å². The molecule has 0 saturated heterocycles. The Kier molecular flexibility index (Phi) is 3.25. The van der Waals surface area contributed by atoms with Gasteiger partial charge in [0.25, 0.3) is 0 Å². The van der Waals surface area contributed by atoms with E-state index in [1.54, 1.807) is 12.4 Å². The highest BCUT2D eigenvalue weighted by atomic mass is 79.9. The lowest BCUT2D eigenvalue weighted by atomic mass is 10.1. The van der Waals surface area contributed by atoms with Crippen molar-refractivity contribution in [3.63, 3.8) is 0 Å². The van der Waals surface area contributed by atoms with Crippen molar-refractivity contribution in [3.8, 4) is 5.75 Å². The van der Waals surface area contributed by atoms with Crippen LogP contribution in [-0.4, -0.2) is 16.6 Å². The minimum atomic E-state index is 0.398. The number of halogens is 1. The average molecular weight is 321 g/mol. The maximum Gasteiger partial charge on any atom is 0.169 e. The first kappa shape index (κ1) is 12.2. The van der Waals surface area contributed by atoms with Crippen molar-refractivity contribution >= 4 is 27.6 Å². The molecule has 19 heavy (non-hydrogen) atoms. The molecule has 0 amide bonds. The fourth-order valence-corrected chi connectivity index (χ4v) is 2.69. The average Bonchev–Trinajstić information content (AvgIpc) is 2.85. The van der Waals surface area contributed by atoms with Crippen molar-refractivity contribution in [2.24, 2.45) is 0 Å². The summed E-state index contributed by atoms with van der Waals surface area (Å²) in [4.78, 5) is 8.15. The van der Waals surface area contributed by atoms with Gasteiger partial charge in [0.15, 0.2) is 11.6 Å². The van der Waals surface area contributed by atoms with E-state index in [-0.39, 0.29) is 0 Å². The minimum Gasteiger partial charge on any atom is -0.493 e. The number of ether oxygens (including phenoxy) is 1. The van der Waals surface area contributed by atoms with E-state index in [4.69, 9.17) is 10.5 Å². The van der Waals surface area contributed by atoms with Crippen molar-refractivity contribution in [1.29, 1.82) is 0 Å². The van der Waals surface area contributed by atoms with Gasteiger partial charge in [-0.3, -0.25) is 0 Å². The third-order valence-corrected chi connectivity index (χ3v) is 3.46. The number of hydrogen-bond donors (Lipinski definition) is 2. The fourth-order valence-electron chi connectivity index (χ4n) is 2.14. The first-order valence-corrected chi connectivity index (χ1v) is 6.78. The zero-order valence-corrected chi connectivity index (χ0v) is 11.8. The smallest absolute Gasteiger partial charge is 0.169 e. The molecule has 0 saturated carbocycles.